The Hall–Kier alpha value is -4.56. The molecule has 0 bridgehead atoms. The Balaban J connectivity index is 1.82. The van der Waals surface area contributed by atoms with Gasteiger partial charge in [-0.2, -0.15) is 4.98 Å². The number of piperazine rings is 1. The van der Waals surface area contributed by atoms with Crippen LogP contribution in [0.3, 0.4) is 0 Å². The summed E-state index contributed by atoms with van der Waals surface area (Å²) < 4.78 is 39.5. The zero-order valence-electron chi connectivity index (χ0n) is 30.6. The number of amides is 1. The molecule has 14 heteroatoms. The first kappa shape index (κ1) is 37.7. The van der Waals surface area contributed by atoms with E-state index in [9.17, 15) is 19.5 Å². The minimum Gasteiger partial charge on any atom is -0.465 e. The molecule has 11 nitrogen and oxygen atoms in total. The molecule has 0 aliphatic carbocycles. The van der Waals surface area contributed by atoms with Gasteiger partial charge in [-0.1, -0.05) is 46.8 Å². The number of hydrogen-bond donors (Lipinski definition) is 1. The van der Waals surface area contributed by atoms with Crippen LogP contribution in [0.5, 0.6) is 0 Å². The van der Waals surface area contributed by atoms with Crippen molar-refractivity contribution in [3.8, 4) is 16.9 Å². The second kappa shape index (κ2) is 14.2. The van der Waals surface area contributed by atoms with Crippen LogP contribution in [0.15, 0.2) is 41.3 Å². The van der Waals surface area contributed by atoms with Crippen molar-refractivity contribution >= 4 is 37.5 Å². The number of aromatic nitrogens is 4. The van der Waals surface area contributed by atoms with E-state index >= 15 is 8.78 Å². The van der Waals surface area contributed by atoms with Crippen molar-refractivity contribution in [2.75, 3.05) is 24.6 Å². The first-order valence-electron chi connectivity index (χ1n) is 17.1. The van der Waals surface area contributed by atoms with Crippen LogP contribution in [0.2, 0.25) is 18.1 Å². The summed E-state index contributed by atoms with van der Waals surface area (Å²) in [5.41, 5.74) is 0.104. The van der Waals surface area contributed by atoms with Crippen LogP contribution in [-0.2, 0) is 10.8 Å². The molecule has 272 valence electrons. The second-order valence-corrected chi connectivity index (χ2v) is 19.9. The van der Waals surface area contributed by atoms with Crippen LogP contribution >= 0.6 is 0 Å². The maximum Gasteiger partial charge on any atom is 0.407 e. The van der Waals surface area contributed by atoms with E-state index < -0.39 is 49.5 Å². The van der Waals surface area contributed by atoms with Crippen molar-refractivity contribution in [2.45, 2.75) is 91.0 Å². The molecule has 1 fully saturated rings. The number of halogens is 2. The smallest absolute Gasteiger partial charge is 0.407 e. The highest BCUT2D eigenvalue weighted by molar-refractivity contribution is 6.74. The molecule has 0 spiro atoms. The number of hydrogen-bond acceptors (Lipinski definition) is 8. The number of aldehydes is 1. The van der Waals surface area contributed by atoms with Crippen LogP contribution in [0.25, 0.3) is 28.0 Å². The molecule has 0 radical (unpaired) electrons. The van der Waals surface area contributed by atoms with E-state index in [0.717, 1.165) is 17.7 Å². The predicted molar refractivity (Wildman–Crippen MR) is 196 cm³/mol. The van der Waals surface area contributed by atoms with Gasteiger partial charge in [-0.3, -0.25) is 9.78 Å². The Morgan fingerprint density at radius 2 is 1.80 bits per heavy atom. The topological polar surface area (TPSA) is 131 Å². The molecule has 2 atom stereocenters. The number of carbonyl (C=O) groups excluding carboxylic acids is 1. The fourth-order valence-corrected chi connectivity index (χ4v) is 7.35. The van der Waals surface area contributed by atoms with Crippen molar-refractivity contribution in [1.29, 1.82) is 0 Å². The quantitative estimate of drug-likeness (QED) is 0.141. The van der Waals surface area contributed by atoms with Gasteiger partial charge in [-0.25, -0.2) is 27.9 Å². The summed E-state index contributed by atoms with van der Waals surface area (Å²) in [6.45, 7) is 18.9. The molecular weight excluding hydrogens is 675 g/mol. The van der Waals surface area contributed by atoms with E-state index in [0.29, 0.717) is 30.7 Å². The molecule has 4 aromatic rings. The number of benzene rings is 1. The second-order valence-electron chi connectivity index (χ2n) is 15.1. The average molecular weight is 721 g/mol. The van der Waals surface area contributed by atoms with E-state index in [1.807, 2.05) is 19.9 Å². The zero-order chi connectivity index (χ0) is 37.6. The number of carbonyl (C=O) groups is 2. The zero-order valence-corrected chi connectivity index (χ0v) is 31.6. The molecule has 1 aliphatic heterocycles. The molecule has 1 saturated heterocycles. The Kier molecular flexibility index (Phi) is 10.5. The van der Waals surface area contributed by atoms with E-state index in [2.05, 4.69) is 48.8 Å². The van der Waals surface area contributed by atoms with Gasteiger partial charge in [0, 0.05) is 49.1 Å². The predicted octanol–water partition coefficient (Wildman–Crippen LogP) is 7.20. The summed E-state index contributed by atoms with van der Waals surface area (Å²) in [7, 11) is -2.12. The molecule has 2 unspecified atom stereocenters. The summed E-state index contributed by atoms with van der Waals surface area (Å²) in [4.78, 5) is 55.3. The Morgan fingerprint density at radius 3 is 2.43 bits per heavy atom. The Labute approximate surface area is 297 Å². The van der Waals surface area contributed by atoms with E-state index in [1.54, 1.807) is 24.9 Å². The first-order valence-corrected chi connectivity index (χ1v) is 20.0. The molecule has 4 heterocycles. The maximum atomic E-state index is 16.3. The maximum absolute atomic E-state index is 16.3. The largest absolute Gasteiger partial charge is 0.465 e. The number of pyridine rings is 2. The standard InChI is InChI=1S/C37H46F2N6O5Si/c1-21(2)30-32(24(13-15-40-30)14-16-50-51(8,9)37(5,6)7)45-34-26(17-28(39)31(41-34)29-25(20-46)11-10-12-27(29)38)33(42-35(45)47)43-18-23(4)44(36(48)49)19-22(43)3/h10-13,15,17,20-23H,14,16,18-19H2,1-9H3,(H,48,49). The number of anilines is 1. The highest BCUT2D eigenvalue weighted by Gasteiger charge is 2.38. The lowest BCUT2D eigenvalue weighted by Gasteiger charge is -2.43. The summed E-state index contributed by atoms with van der Waals surface area (Å²) in [6, 6.07) is 5.88. The van der Waals surface area contributed by atoms with Gasteiger partial charge in [-0.05, 0) is 68.1 Å². The van der Waals surface area contributed by atoms with E-state index in [-0.39, 0.29) is 52.0 Å². The number of rotatable bonds is 9. The lowest BCUT2D eigenvalue weighted by atomic mass is 10.0. The third-order valence-electron chi connectivity index (χ3n) is 10.2. The summed E-state index contributed by atoms with van der Waals surface area (Å²) >= 11 is 0. The lowest BCUT2D eigenvalue weighted by molar-refractivity contribution is 0.112. The summed E-state index contributed by atoms with van der Waals surface area (Å²) in [6.07, 6.45) is 1.45. The van der Waals surface area contributed by atoms with Crippen LogP contribution in [0.1, 0.15) is 76.0 Å². The third-order valence-corrected chi connectivity index (χ3v) is 14.7. The molecule has 1 aliphatic rings. The fourth-order valence-electron chi connectivity index (χ4n) is 6.31. The molecule has 1 amide bonds. The third kappa shape index (κ3) is 7.16. The molecule has 5 rings (SSSR count). The van der Waals surface area contributed by atoms with Crippen molar-refractivity contribution in [1.82, 2.24) is 24.4 Å². The first-order chi connectivity index (χ1) is 23.9. The monoisotopic (exact) mass is 720 g/mol. The highest BCUT2D eigenvalue weighted by atomic mass is 28.4. The highest BCUT2D eigenvalue weighted by Crippen LogP contribution is 2.38. The van der Waals surface area contributed by atoms with Gasteiger partial charge in [0.15, 0.2) is 26.1 Å². The molecule has 51 heavy (non-hydrogen) atoms. The van der Waals surface area contributed by atoms with Gasteiger partial charge in [0.2, 0.25) is 0 Å². The molecule has 1 N–H and O–H groups in total. The van der Waals surface area contributed by atoms with Gasteiger partial charge in [0.1, 0.15) is 17.3 Å². The minimum atomic E-state index is -2.12. The SMILES string of the molecule is CC(C)c1nccc(CCO[Si](C)(C)C(C)(C)C)c1-n1c(=O)nc(N2CC(C)N(C(=O)O)CC2C)c2cc(F)c(-c3c(F)cccc3C=O)nc21. The number of carboxylic acid groups (broad SMARTS) is 1. The van der Waals surface area contributed by atoms with Crippen molar-refractivity contribution < 1.29 is 27.9 Å². The average Bonchev–Trinajstić information content (AvgIpc) is 3.04. The minimum absolute atomic E-state index is 0.0107. The van der Waals surface area contributed by atoms with Gasteiger partial charge in [-0.15, -0.1) is 0 Å². The van der Waals surface area contributed by atoms with Gasteiger partial charge >= 0.3 is 11.8 Å². The molecule has 1 aromatic carbocycles. The van der Waals surface area contributed by atoms with Gasteiger partial charge in [0.25, 0.3) is 0 Å². The van der Waals surface area contributed by atoms with Crippen LogP contribution in [-0.4, -0.2) is 82.0 Å². The van der Waals surface area contributed by atoms with Crippen molar-refractivity contribution in [3.63, 3.8) is 0 Å². The molecule has 3 aromatic heterocycles. The molecule has 0 saturated carbocycles. The lowest BCUT2D eigenvalue weighted by Crippen LogP contribution is -2.58. The number of nitrogens with zero attached hydrogens (tertiary/aromatic N) is 6. The fraction of sp³-hybridized carbons (Fsp3) is 0.459. The van der Waals surface area contributed by atoms with E-state index in [1.165, 1.54) is 21.6 Å². The Bertz CT molecular complexity index is 2050. The molecular formula is C37H46F2N6O5Si. The Morgan fingerprint density at radius 1 is 1.10 bits per heavy atom. The van der Waals surface area contributed by atoms with Crippen LogP contribution < -0.4 is 10.6 Å². The number of fused-ring (bicyclic) bond motifs is 1. The van der Waals surface area contributed by atoms with Gasteiger partial charge in [0.05, 0.1) is 16.8 Å². The summed E-state index contributed by atoms with van der Waals surface area (Å²) in [5.74, 6) is -1.82. The summed E-state index contributed by atoms with van der Waals surface area (Å²) in [5, 5.41) is 9.89. The van der Waals surface area contributed by atoms with E-state index in [4.69, 9.17) is 4.43 Å². The van der Waals surface area contributed by atoms with Crippen molar-refractivity contribution in [2.24, 2.45) is 0 Å². The van der Waals surface area contributed by atoms with Crippen LogP contribution in [0.4, 0.5) is 19.4 Å². The van der Waals surface area contributed by atoms with Crippen LogP contribution in [0, 0.1) is 11.6 Å². The normalized spacial score (nSPS) is 17.0. The van der Waals surface area contributed by atoms with Crippen molar-refractivity contribution in [3.05, 3.63) is 75.5 Å². The van der Waals surface area contributed by atoms with Gasteiger partial charge < -0.3 is 19.3 Å².